The fourth-order valence-corrected chi connectivity index (χ4v) is 4.61. The van der Waals surface area contributed by atoms with E-state index in [2.05, 4.69) is 4.98 Å². The highest BCUT2D eigenvalue weighted by atomic mass is 32.2. The molecule has 0 atom stereocenters. The smallest absolute Gasteiger partial charge is 0.246 e. The lowest BCUT2D eigenvalue weighted by atomic mass is 10.1. The van der Waals surface area contributed by atoms with Crippen molar-refractivity contribution in [2.24, 2.45) is 7.05 Å². The maximum absolute atomic E-state index is 12.6. The quantitative estimate of drug-likeness (QED) is 0.781. The minimum Gasteiger partial charge on any atom is -0.465 e. The number of hydrogen-bond acceptors (Lipinski definition) is 5. The summed E-state index contributed by atoms with van der Waals surface area (Å²) in [6, 6.07) is 3.51. The number of aromatic nitrogens is 2. The van der Waals surface area contributed by atoms with E-state index in [9.17, 15) is 13.2 Å². The third kappa shape index (κ3) is 3.28. The van der Waals surface area contributed by atoms with Gasteiger partial charge in [-0.2, -0.15) is 0 Å². The predicted octanol–water partition coefficient (Wildman–Crippen LogP) is 1.49. The van der Waals surface area contributed by atoms with E-state index in [1.54, 1.807) is 36.4 Å². The van der Waals surface area contributed by atoms with E-state index in [0.29, 0.717) is 31.7 Å². The van der Waals surface area contributed by atoms with Crippen molar-refractivity contribution >= 4 is 21.8 Å². The van der Waals surface area contributed by atoms with E-state index in [1.165, 1.54) is 23.1 Å². The van der Waals surface area contributed by atoms with Crippen molar-refractivity contribution in [1.82, 2.24) is 14.5 Å². The van der Waals surface area contributed by atoms with Crippen LogP contribution in [0.3, 0.4) is 0 Å². The van der Waals surface area contributed by atoms with E-state index in [-0.39, 0.29) is 11.1 Å². The Bertz CT molecular complexity index is 829. The van der Waals surface area contributed by atoms with Gasteiger partial charge in [0.25, 0.3) is 0 Å². The molecule has 0 spiro atoms. The maximum atomic E-state index is 12.6. The maximum Gasteiger partial charge on any atom is 0.246 e. The second-order valence-electron chi connectivity index (χ2n) is 5.74. The number of piperidine rings is 1. The van der Waals surface area contributed by atoms with Crippen molar-refractivity contribution in [2.45, 2.75) is 23.2 Å². The van der Waals surface area contributed by atoms with Crippen molar-refractivity contribution < 1.29 is 17.6 Å². The highest BCUT2D eigenvalue weighted by Gasteiger charge is 2.34. The van der Waals surface area contributed by atoms with Gasteiger partial charge in [0.2, 0.25) is 20.9 Å². The minimum atomic E-state index is -3.47. The number of rotatable bonds is 4. The predicted molar refractivity (Wildman–Crippen MR) is 87.7 cm³/mol. The molecule has 1 amide bonds. The molecule has 0 radical (unpaired) electrons. The van der Waals surface area contributed by atoms with Gasteiger partial charge >= 0.3 is 0 Å². The first-order valence-corrected chi connectivity index (χ1v) is 9.25. The van der Waals surface area contributed by atoms with Gasteiger partial charge in [-0.25, -0.2) is 13.4 Å². The topological polar surface area (TPSA) is 85.4 Å². The monoisotopic (exact) mass is 349 g/mol. The van der Waals surface area contributed by atoms with E-state index in [4.69, 9.17) is 4.42 Å². The first-order chi connectivity index (χ1) is 11.5. The molecule has 1 aliphatic rings. The van der Waals surface area contributed by atoms with Crippen molar-refractivity contribution in [1.29, 1.82) is 0 Å². The van der Waals surface area contributed by atoms with Crippen LogP contribution in [0.4, 0.5) is 0 Å². The summed E-state index contributed by atoms with van der Waals surface area (Å²) >= 11 is 0. The standard InChI is InChI=1S/C16H19N3O4S/c1-18-11-8-17-16(18)24(21,22)14-6-9-19(10-7-14)15(20)5-4-13-3-2-12-23-13/h2-5,8,11-12,14H,6-7,9-10H2,1H3. The molecule has 1 saturated heterocycles. The van der Waals surface area contributed by atoms with Crippen LogP contribution < -0.4 is 0 Å². The summed E-state index contributed by atoms with van der Waals surface area (Å²) in [5.41, 5.74) is 0. The zero-order valence-electron chi connectivity index (χ0n) is 13.3. The molecule has 0 unspecified atom stereocenters. The Kier molecular flexibility index (Phi) is 4.57. The Morgan fingerprint density at radius 1 is 1.38 bits per heavy atom. The molecule has 0 aliphatic carbocycles. The van der Waals surface area contributed by atoms with Crippen LogP contribution in [0.1, 0.15) is 18.6 Å². The average molecular weight is 349 g/mol. The second kappa shape index (κ2) is 6.64. The molecule has 0 N–H and O–H groups in total. The summed E-state index contributed by atoms with van der Waals surface area (Å²) in [6.07, 6.45) is 8.52. The van der Waals surface area contributed by atoms with Gasteiger partial charge in [-0.15, -0.1) is 0 Å². The summed E-state index contributed by atoms with van der Waals surface area (Å²) in [5.74, 6) is 0.467. The molecule has 0 aromatic carbocycles. The Morgan fingerprint density at radius 3 is 2.71 bits per heavy atom. The van der Waals surface area contributed by atoms with Crippen LogP contribution in [-0.4, -0.2) is 47.1 Å². The van der Waals surface area contributed by atoms with E-state index in [1.807, 2.05) is 0 Å². The van der Waals surface area contributed by atoms with Crippen molar-refractivity contribution in [3.05, 3.63) is 42.6 Å². The number of sulfone groups is 1. The third-order valence-corrected chi connectivity index (χ3v) is 6.41. The molecule has 3 heterocycles. The number of aryl methyl sites for hydroxylation is 1. The molecule has 24 heavy (non-hydrogen) atoms. The molecule has 128 valence electrons. The Labute approximate surface area is 140 Å². The summed E-state index contributed by atoms with van der Waals surface area (Å²) in [5, 5.41) is -0.415. The molecule has 3 rings (SSSR count). The Morgan fingerprint density at radius 2 is 2.12 bits per heavy atom. The zero-order valence-corrected chi connectivity index (χ0v) is 14.1. The van der Waals surface area contributed by atoms with Crippen LogP contribution in [0.5, 0.6) is 0 Å². The number of imidazole rings is 1. The molecule has 1 fully saturated rings. The SMILES string of the molecule is Cn1ccnc1S(=O)(=O)C1CCN(C(=O)C=Cc2ccco2)CC1. The minimum absolute atomic E-state index is 0.0880. The number of nitrogens with zero attached hydrogens (tertiary/aromatic N) is 3. The van der Waals surface area contributed by atoms with Crippen molar-refractivity contribution in [3.63, 3.8) is 0 Å². The highest BCUT2D eigenvalue weighted by Crippen LogP contribution is 2.23. The fraction of sp³-hybridized carbons (Fsp3) is 0.375. The zero-order chi connectivity index (χ0) is 17.2. The number of likely N-dealkylation sites (tertiary alicyclic amines) is 1. The molecule has 7 nitrogen and oxygen atoms in total. The van der Waals surface area contributed by atoms with Crippen molar-refractivity contribution in [2.75, 3.05) is 13.1 Å². The van der Waals surface area contributed by atoms with E-state index < -0.39 is 15.1 Å². The lowest BCUT2D eigenvalue weighted by Gasteiger charge is -2.30. The molecule has 2 aromatic rings. The number of furan rings is 1. The van der Waals surface area contributed by atoms with Gasteiger partial charge in [0, 0.05) is 38.6 Å². The normalized spacial score (nSPS) is 16.8. The third-order valence-electron chi connectivity index (χ3n) is 4.16. The number of hydrogen-bond donors (Lipinski definition) is 0. The molecule has 1 aliphatic heterocycles. The molecule has 0 bridgehead atoms. The fourth-order valence-electron chi connectivity index (χ4n) is 2.81. The summed E-state index contributed by atoms with van der Waals surface area (Å²) in [6.45, 7) is 0.825. The van der Waals surface area contributed by atoms with Gasteiger partial charge in [-0.1, -0.05) is 0 Å². The highest BCUT2D eigenvalue weighted by molar-refractivity contribution is 7.91. The van der Waals surface area contributed by atoms with Crippen LogP contribution in [0.25, 0.3) is 6.08 Å². The van der Waals surface area contributed by atoms with Gasteiger partial charge in [0.05, 0.1) is 11.5 Å². The van der Waals surface area contributed by atoms with Gasteiger partial charge in [-0.05, 0) is 31.1 Å². The number of carbonyl (C=O) groups excluding carboxylic acids is 1. The number of amides is 1. The first-order valence-electron chi connectivity index (χ1n) is 7.70. The summed E-state index contributed by atoms with van der Waals surface area (Å²) in [4.78, 5) is 17.8. The molecular weight excluding hydrogens is 330 g/mol. The Hall–Kier alpha value is -2.35. The second-order valence-corrected chi connectivity index (χ2v) is 7.86. The first kappa shape index (κ1) is 16.5. The molecule has 8 heteroatoms. The number of carbonyl (C=O) groups is 1. The summed E-state index contributed by atoms with van der Waals surface area (Å²) < 4.78 is 31.9. The lowest BCUT2D eigenvalue weighted by molar-refractivity contribution is -0.126. The summed E-state index contributed by atoms with van der Waals surface area (Å²) in [7, 11) is -1.80. The van der Waals surface area contributed by atoms with Crippen LogP contribution in [0.15, 0.2) is 46.4 Å². The van der Waals surface area contributed by atoms with Gasteiger partial charge < -0.3 is 13.9 Å². The van der Waals surface area contributed by atoms with Gasteiger partial charge in [0.1, 0.15) is 5.76 Å². The average Bonchev–Trinajstić information content (AvgIpc) is 3.24. The van der Waals surface area contributed by atoms with Crippen LogP contribution in [0, 0.1) is 0 Å². The molecular formula is C16H19N3O4S. The van der Waals surface area contributed by atoms with Crippen LogP contribution >= 0.6 is 0 Å². The van der Waals surface area contributed by atoms with Gasteiger partial charge in [0.15, 0.2) is 0 Å². The lowest BCUT2D eigenvalue weighted by Crippen LogP contribution is -2.42. The molecule has 0 saturated carbocycles. The Balaban J connectivity index is 1.61. The molecule has 2 aromatic heterocycles. The van der Waals surface area contributed by atoms with E-state index >= 15 is 0 Å². The largest absolute Gasteiger partial charge is 0.465 e. The van der Waals surface area contributed by atoms with Crippen LogP contribution in [-0.2, 0) is 21.7 Å². The van der Waals surface area contributed by atoms with Gasteiger partial charge in [-0.3, -0.25) is 4.79 Å². The van der Waals surface area contributed by atoms with Crippen LogP contribution in [0.2, 0.25) is 0 Å². The van der Waals surface area contributed by atoms with Crippen molar-refractivity contribution in [3.8, 4) is 0 Å². The van der Waals surface area contributed by atoms with E-state index in [0.717, 1.165) is 0 Å².